The van der Waals surface area contributed by atoms with Gasteiger partial charge in [-0.2, -0.15) is 0 Å². The normalized spacial score (nSPS) is 53.9. The van der Waals surface area contributed by atoms with E-state index in [1.54, 1.807) is 7.11 Å². The predicted octanol–water partition coefficient (Wildman–Crippen LogP) is 2.98. The molecule has 6 bridgehead atoms. The average molecular weight is 261 g/mol. The Bertz CT molecular complexity index is 499. The zero-order valence-electron chi connectivity index (χ0n) is 12.2. The zero-order valence-corrected chi connectivity index (χ0v) is 12.2. The molecule has 2 heterocycles. The minimum absolute atomic E-state index is 0.00951. The topological polar surface area (TPSA) is 38.7 Å². The first-order valence-electron chi connectivity index (χ1n) is 7.64. The van der Waals surface area contributed by atoms with Crippen LogP contribution in [-0.4, -0.2) is 24.8 Å². The number of esters is 1. The third kappa shape index (κ3) is 1.05. The maximum Gasteiger partial charge on any atom is 0.318 e. The van der Waals surface area contributed by atoms with E-state index in [0.717, 1.165) is 12.8 Å². The lowest BCUT2D eigenvalue weighted by Crippen LogP contribution is -2.68. The van der Waals surface area contributed by atoms with Crippen LogP contribution in [0.2, 0.25) is 0 Å². The lowest BCUT2D eigenvalue weighted by molar-refractivity contribution is -0.170. The van der Waals surface area contributed by atoms with Gasteiger partial charge < -0.3 is 4.74 Å². The van der Waals surface area contributed by atoms with Gasteiger partial charge in [-0.05, 0) is 55.3 Å². The lowest BCUT2D eigenvalue weighted by Gasteiger charge is -2.64. The first kappa shape index (κ1) is 11.9. The van der Waals surface area contributed by atoms with Crippen LogP contribution in [0.5, 0.6) is 0 Å². The summed E-state index contributed by atoms with van der Waals surface area (Å²) in [6.45, 7) is 4.69. The second kappa shape index (κ2) is 3.24. The molecule has 0 spiro atoms. The molecule has 2 aliphatic heterocycles. The van der Waals surface area contributed by atoms with Crippen molar-refractivity contribution in [1.82, 2.24) is 0 Å². The molecule has 19 heavy (non-hydrogen) atoms. The van der Waals surface area contributed by atoms with Gasteiger partial charge in [-0.3, -0.25) is 9.79 Å². The third-order valence-electron chi connectivity index (χ3n) is 7.02. The lowest BCUT2D eigenvalue weighted by atomic mass is 9.41. The van der Waals surface area contributed by atoms with E-state index in [-0.39, 0.29) is 16.8 Å². The van der Waals surface area contributed by atoms with Gasteiger partial charge in [0.1, 0.15) is 5.41 Å². The first-order chi connectivity index (χ1) is 8.98. The van der Waals surface area contributed by atoms with E-state index in [2.05, 4.69) is 13.8 Å². The van der Waals surface area contributed by atoms with Crippen molar-refractivity contribution in [1.29, 1.82) is 0 Å². The maximum absolute atomic E-state index is 12.7. The Hall–Kier alpha value is -0.860. The van der Waals surface area contributed by atoms with Crippen LogP contribution >= 0.6 is 0 Å². The highest BCUT2D eigenvalue weighted by Crippen LogP contribution is 2.73. The van der Waals surface area contributed by atoms with Gasteiger partial charge in [-0.25, -0.2) is 0 Å². The van der Waals surface area contributed by atoms with Crippen LogP contribution in [0.25, 0.3) is 0 Å². The fourth-order valence-electron chi connectivity index (χ4n) is 6.11. The van der Waals surface area contributed by atoms with Crippen molar-refractivity contribution in [2.45, 2.75) is 58.4 Å². The van der Waals surface area contributed by atoms with E-state index >= 15 is 0 Å². The molecule has 0 aromatic heterocycles. The van der Waals surface area contributed by atoms with Gasteiger partial charge in [-0.1, -0.05) is 13.8 Å². The Labute approximate surface area is 114 Å². The van der Waals surface area contributed by atoms with Gasteiger partial charge in [0.15, 0.2) is 0 Å². The Morgan fingerprint density at radius 3 is 2.89 bits per heavy atom. The number of ether oxygens (including phenoxy) is 1. The summed E-state index contributed by atoms with van der Waals surface area (Å²) in [7, 11) is 1.54. The SMILES string of the molecule is COC(=O)[C@]12C[C@@]3(C)CCC4[C@@H]3N=C1CCC[C@@]42C. The number of carbonyl (C=O) groups is 1. The van der Waals surface area contributed by atoms with E-state index in [4.69, 9.17) is 9.73 Å². The van der Waals surface area contributed by atoms with Crippen molar-refractivity contribution in [3.63, 3.8) is 0 Å². The molecule has 5 atom stereocenters. The Balaban J connectivity index is 1.99. The molecule has 0 aromatic carbocycles. The van der Waals surface area contributed by atoms with E-state index in [1.165, 1.54) is 31.4 Å². The highest BCUT2D eigenvalue weighted by molar-refractivity contribution is 6.09. The molecule has 1 unspecified atom stereocenters. The van der Waals surface area contributed by atoms with Gasteiger partial charge in [0.05, 0.1) is 13.2 Å². The van der Waals surface area contributed by atoms with Crippen LogP contribution in [0.1, 0.15) is 52.4 Å². The molecule has 3 nitrogen and oxygen atoms in total. The Morgan fingerprint density at radius 1 is 1.37 bits per heavy atom. The van der Waals surface area contributed by atoms with E-state index in [9.17, 15) is 4.79 Å². The highest BCUT2D eigenvalue weighted by atomic mass is 16.5. The molecule has 0 aromatic rings. The highest BCUT2D eigenvalue weighted by Gasteiger charge is 2.74. The molecule has 3 aliphatic carbocycles. The molecule has 5 aliphatic rings. The standard InChI is InChI=1S/C16H23NO2/c1-14-8-6-10-12(14)17-11-5-4-7-15(10,2)16(11,9-14)13(18)19-3/h10,12H,4-9H2,1-3H3/t10?,12-,14+,15-,16-/m0/s1. The minimum Gasteiger partial charge on any atom is -0.468 e. The van der Waals surface area contributed by atoms with Gasteiger partial charge in [0.2, 0.25) is 0 Å². The van der Waals surface area contributed by atoms with E-state index < -0.39 is 5.41 Å². The summed E-state index contributed by atoms with van der Waals surface area (Å²) in [5, 5.41) is 0. The smallest absolute Gasteiger partial charge is 0.318 e. The molecule has 3 heteroatoms. The molecular weight excluding hydrogens is 238 g/mol. The molecule has 0 N–H and O–H groups in total. The minimum atomic E-state index is -0.398. The second-order valence-electron chi connectivity index (χ2n) is 7.66. The summed E-state index contributed by atoms with van der Waals surface area (Å²) in [5.74, 6) is 0.583. The summed E-state index contributed by atoms with van der Waals surface area (Å²) < 4.78 is 5.26. The number of hydrogen-bond acceptors (Lipinski definition) is 3. The van der Waals surface area contributed by atoms with Gasteiger partial charge in [0.25, 0.3) is 0 Å². The van der Waals surface area contributed by atoms with E-state index in [0.29, 0.717) is 12.0 Å². The van der Waals surface area contributed by atoms with Crippen LogP contribution in [0.3, 0.4) is 0 Å². The third-order valence-corrected chi connectivity index (χ3v) is 7.02. The summed E-state index contributed by atoms with van der Waals surface area (Å²) >= 11 is 0. The van der Waals surface area contributed by atoms with Crippen LogP contribution in [0.15, 0.2) is 4.99 Å². The molecule has 0 amide bonds. The number of nitrogens with zero attached hydrogens (tertiary/aromatic N) is 1. The Kier molecular flexibility index (Phi) is 2.03. The number of rotatable bonds is 1. The molecule has 0 saturated heterocycles. The quantitative estimate of drug-likeness (QED) is 0.681. The number of hydrogen-bond donors (Lipinski definition) is 0. The Morgan fingerprint density at radius 2 is 2.16 bits per heavy atom. The number of methoxy groups -OCH3 is 1. The maximum atomic E-state index is 12.7. The molecule has 3 fully saturated rings. The monoisotopic (exact) mass is 261 g/mol. The van der Waals surface area contributed by atoms with Crippen molar-refractivity contribution in [3.8, 4) is 0 Å². The molecule has 3 saturated carbocycles. The fraction of sp³-hybridized carbons (Fsp3) is 0.875. The summed E-state index contributed by atoms with van der Waals surface area (Å²) in [6.07, 6.45) is 6.81. The van der Waals surface area contributed by atoms with Crippen molar-refractivity contribution in [3.05, 3.63) is 0 Å². The van der Waals surface area contributed by atoms with Crippen molar-refractivity contribution >= 4 is 11.7 Å². The molecule has 104 valence electrons. The van der Waals surface area contributed by atoms with Crippen LogP contribution in [-0.2, 0) is 9.53 Å². The summed E-state index contributed by atoms with van der Waals surface area (Å²) in [4.78, 5) is 17.8. The van der Waals surface area contributed by atoms with Crippen molar-refractivity contribution in [2.75, 3.05) is 7.11 Å². The van der Waals surface area contributed by atoms with Crippen molar-refractivity contribution < 1.29 is 9.53 Å². The fourth-order valence-corrected chi connectivity index (χ4v) is 6.11. The van der Waals surface area contributed by atoms with Crippen LogP contribution in [0.4, 0.5) is 0 Å². The molecular formula is C16H23NO2. The van der Waals surface area contributed by atoms with Crippen LogP contribution < -0.4 is 0 Å². The van der Waals surface area contributed by atoms with Gasteiger partial charge in [-0.15, -0.1) is 0 Å². The zero-order chi connectivity index (χ0) is 13.5. The van der Waals surface area contributed by atoms with Crippen molar-refractivity contribution in [2.24, 2.45) is 27.2 Å². The predicted molar refractivity (Wildman–Crippen MR) is 73.1 cm³/mol. The van der Waals surface area contributed by atoms with Gasteiger partial charge in [0, 0.05) is 5.71 Å². The number of aliphatic imine (C=N–C) groups is 1. The second-order valence-corrected chi connectivity index (χ2v) is 7.66. The summed E-state index contributed by atoms with van der Waals surface area (Å²) in [5.41, 5.74) is 1.11. The van der Waals surface area contributed by atoms with E-state index in [1.807, 2.05) is 0 Å². The largest absolute Gasteiger partial charge is 0.468 e. The van der Waals surface area contributed by atoms with Gasteiger partial charge >= 0.3 is 5.97 Å². The molecule has 5 rings (SSSR count). The first-order valence-corrected chi connectivity index (χ1v) is 7.64. The average Bonchev–Trinajstić information content (AvgIpc) is 2.66. The van der Waals surface area contributed by atoms with Crippen LogP contribution in [0, 0.1) is 22.2 Å². The summed E-state index contributed by atoms with van der Waals surface area (Å²) in [6, 6.07) is 0.472. The number of carbonyl (C=O) groups excluding carboxylic acids is 1. The molecule has 0 radical (unpaired) electrons.